The Morgan fingerprint density at radius 3 is 2.59 bits per heavy atom. The molecule has 7 nitrogen and oxygen atoms in total. The Morgan fingerprint density at radius 2 is 1.96 bits per heavy atom. The summed E-state index contributed by atoms with van der Waals surface area (Å²) >= 11 is 0. The minimum Gasteiger partial charge on any atom is -0.361 e. The molecule has 2 aliphatic heterocycles. The molecule has 3 atom stereocenters. The van der Waals surface area contributed by atoms with Gasteiger partial charge in [0.1, 0.15) is 5.76 Å². The first-order valence-electron chi connectivity index (χ1n) is 9.04. The van der Waals surface area contributed by atoms with E-state index in [2.05, 4.69) is 5.16 Å². The van der Waals surface area contributed by atoms with Gasteiger partial charge in [-0.3, -0.25) is 4.79 Å². The van der Waals surface area contributed by atoms with Crippen molar-refractivity contribution in [3.63, 3.8) is 0 Å². The summed E-state index contributed by atoms with van der Waals surface area (Å²) in [5.74, 6) is 0.804. The van der Waals surface area contributed by atoms with E-state index in [0.29, 0.717) is 25.4 Å². The first-order valence-corrected chi connectivity index (χ1v) is 10.9. The van der Waals surface area contributed by atoms with E-state index in [1.54, 1.807) is 10.4 Å². The van der Waals surface area contributed by atoms with Crippen LogP contribution in [0.25, 0.3) is 0 Å². The van der Waals surface area contributed by atoms with Crippen LogP contribution in [0.1, 0.15) is 23.1 Å². The Balaban J connectivity index is 1.54. The molecule has 0 bridgehead atoms. The average molecular weight is 389 g/mol. The van der Waals surface area contributed by atoms with Gasteiger partial charge in [0.2, 0.25) is 15.9 Å². The zero-order valence-electron chi connectivity index (χ0n) is 15.4. The van der Waals surface area contributed by atoms with Gasteiger partial charge in [0.15, 0.2) is 0 Å². The van der Waals surface area contributed by atoms with Gasteiger partial charge in [0.05, 0.1) is 24.4 Å². The van der Waals surface area contributed by atoms with Crippen molar-refractivity contribution in [2.75, 3.05) is 25.9 Å². The number of aromatic nitrogens is 1. The number of rotatable bonds is 4. The Hall–Kier alpha value is -2.19. The first kappa shape index (κ1) is 18.2. The van der Waals surface area contributed by atoms with E-state index < -0.39 is 10.0 Å². The molecule has 2 saturated heterocycles. The summed E-state index contributed by atoms with van der Waals surface area (Å²) < 4.78 is 31.4. The van der Waals surface area contributed by atoms with Gasteiger partial charge in [-0.2, -0.15) is 4.31 Å². The van der Waals surface area contributed by atoms with Crippen LogP contribution in [0.4, 0.5) is 0 Å². The monoisotopic (exact) mass is 389 g/mol. The molecule has 0 spiro atoms. The molecule has 1 aromatic heterocycles. The number of fused-ring (bicyclic) bond motifs is 1. The molecule has 2 aliphatic rings. The molecule has 0 N–H and O–H groups in total. The fourth-order valence-corrected chi connectivity index (χ4v) is 5.53. The predicted octanol–water partition coefficient (Wildman–Crippen LogP) is 1.62. The Morgan fingerprint density at radius 1 is 1.22 bits per heavy atom. The number of aryl methyl sites for hydroxylation is 1. The highest BCUT2D eigenvalue weighted by Gasteiger charge is 2.51. The number of amides is 1. The second kappa shape index (κ2) is 6.76. The van der Waals surface area contributed by atoms with Gasteiger partial charge in [-0.15, -0.1) is 0 Å². The molecule has 0 saturated carbocycles. The zero-order chi connectivity index (χ0) is 19.2. The Bertz CT molecular complexity index is 941. The summed E-state index contributed by atoms with van der Waals surface area (Å²) in [6, 6.07) is 11.2. The van der Waals surface area contributed by atoms with Crippen molar-refractivity contribution in [1.29, 1.82) is 0 Å². The van der Waals surface area contributed by atoms with Crippen molar-refractivity contribution in [3.8, 4) is 0 Å². The van der Waals surface area contributed by atoms with Gasteiger partial charge in [-0.25, -0.2) is 8.42 Å². The quantitative estimate of drug-likeness (QED) is 0.793. The number of hydrogen-bond acceptors (Lipinski definition) is 5. The summed E-state index contributed by atoms with van der Waals surface area (Å²) in [5, 5.41) is 3.82. The van der Waals surface area contributed by atoms with Crippen LogP contribution in [-0.4, -0.2) is 54.6 Å². The molecule has 2 aromatic rings. The van der Waals surface area contributed by atoms with Gasteiger partial charge in [-0.05, 0) is 18.4 Å². The van der Waals surface area contributed by atoms with Crippen molar-refractivity contribution in [2.45, 2.75) is 19.4 Å². The van der Waals surface area contributed by atoms with Gasteiger partial charge >= 0.3 is 0 Å². The molecule has 27 heavy (non-hydrogen) atoms. The number of carbonyl (C=O) groups is 1. The van der Waals surface area contributed by atoms with Gasteiger partial charge in [0.25, 0.3) is 0 Å². The van der Waals surface area contributed by atoms with Gasteiger partial charge < -0.3 is 9.42 Å². The smallest absolute Gasteiger partial charge is 0.230 e. The van der Waals surface area contributed by atoms with Gasteiger partial charge in [-0.1, -0.05) is 35.5 Å². The van der Waals surface area contributed by atoms with Crippen LogP contribution < -0.4 is 0 Å². The lowest BCUT2D eigenvalue weighted by atomic mass is 9.90. The van der Waals surface area contributed by atoms with Gasteiger partial charge in [0, 0.05) is 31.6 Å². The summed E-state index contributed by atoms with van der Waals surface area (Å²) in [4.78, 5) is 14.5. The molecule has 0 unspecified atom stereocenters. The fourth-order valence-electron chi connectivity index (χ4n) is 4.38. The van der Waals surface area contributed by atoms with Crippen molar-refractivity contribution in [1.82, 2.24) is 14.4 Å². The van der Waals surface area contributed by atoms with E-state index in [0.717, 1.165) is 11.3 Å². The lowest BCUT2D eigenvalue weighted by Gasteiger charge is -2.28. The maximum Gasteiger partial charge on any atom is 0.230 e. The summed E-state index contributed by atoms with van der Waals surface area (Å²) in [7, 11) is -3.32. The average Bonchev–Trinajstić information content (AvgIpc) is 3.28. The lowest BCUT2D eigenvalue weighted by molar-refractivity contribution is -0.130. The molecule has 1 aromatic carbocycles. The third-order valence-electron chi connectivity index (χ3n) is 5.54. The molecule has 0 aliphatic carbocycles. The minimum absolute atomic E-state index is 0.00160. The highest BCUT2D eigenvalue weighted by molar-refractivity contribution is 7.88. The topological polar surface area (TPSA) is 83.7 Å². The molecule has 4 rings (SSSR count). The number of sulfonamides is 1. The third-order valence-corrected chi connectivity index (χ3v) is 6.77. The number of nitrogens with zero attached hydrogens (tertiary/aromatic N) is 3. The van der Waals surface area contributed by atoms with Crippen LogP contribution >= 0.6 is 0 Å². The Kier molecular flexibility index (Phi) is 4.55. The standard InChI is InChI=1S/C19H23N3O4S/c1-13-8-16(26-20-13)9-18(23)21-10-15-11-22(27(2,24)25)19(17(15)12-21)14-6-4-3-5-7-14/h3-8,15,17,19H,9-12H2,1-2H3/t15-,17-,19+/m1/s1. The molecule has 144 valence electrons. The molecule has 0 radical (unpaired) electrons. The highest BCUT2D eigenvalue weighted by atomic mass is 32.2. The van der Waals surface area contributed by atoms with E-state index in [-0.39, 0.29) is 30.2 Å². The third kappa shape index (κ3) is 3.51. The largest absolute Gasteiger partial charge is 0.361 e. The van der Waals surface area contributed by atoms with Crippen LogP contribution in [0, 0.1) is 18.8 Å². The summed E-state index contributed by atoms with van der Waals surface area (Å²) in [6.07, 6.45) is 1.45. The second-order valence-corrected chi connectivity index (χ2v) is 9.46. The number of likely N-dealkylation sites (tertiary alicyclic amines) is 1. The van der Waals surface area contributed by atoms with E-state index in [4.69, 9.17) is 4.52 Å². The molecule has 1 amide bonds. The molecule has 2 fully saturated rings. The van der Waals surface area contributed by atoms with E-state index in [9.17, 15) is 13.2 Å². The van der Waals surface area contributed by atoms with Crippen molar-refractivity contribution < 1.29 is 17.7 Å². The number of benzene rings is 1. The van der Waals surface area contributed by atoms with E-state index in [1.807, 2.05) is 42.2 Å². The second-order valence-electron chi connectivity index (χ2n) is 7.52. The van der Waals surface area contributed by atoms with Crippen LogP contribution in [0.15, 0.2) is 40.9 Å². The Labute approximate surface area is 159 Å². The maximum absolute atomic E-state index is 12.7. The maximum atomic E-state index is 12.7. The predicted molar refractivity (Wildman–Crippen MR) is 99.2 cm³/mol. The minimum atomic E-state index is -3.32. The van der Waals surface area contributed by atoms with Crippen molar-refractivity contribution >= 4 is 15.9 Å². The molecule has 3 heterocycles. The summed E-state index contributed by atoms with van der Waals surface area (Å²) in [5.41, 5.74) is 1.74. The highest BCUT2D eigenvalue weighted by Crippen LogP contribution is 2.46. The lowest BCUT2D eigenvalue weighted by Crippen LogP contribution is -2.37. The van der Waals surface area contributed by atoms with Crippen LogP contribution in [0.2, 0.25) is 0 Å². The molecular formula is C19H23N3O4S. The van der Waals surface area contributed by atoms with Crippen LogP contribution in [-0.2, 0) is 21.2 Å². The fraction of sp³-hybridized carbons (Fsp3) is 0.474. The number of hydrogen-bond donors (Lipinski definition) is 0. The normalized spacial score (nSPS) is 25.7. The summed E-state index contributed by atoms with van der Waals surface area (Å²) in [6.45, 7) is 3.41. The van der Waals surface area contributed by atoms with E-state index >= 15 is 0 Å². The first-order chi connectivity index (χ1) is 12.8. The van der Waals surface area contributed by atoms with E-state index in [1.165, 1.54) is 6.26 Å². The molecular weight excluding hydrogens is 366 g/mol. The van der Waals surface area contributed by atoms with Crippen molar-refractivity contribution in [3.05, 3.63) is 53.4 Å². The zero-order valence-corrected chi connectivity index (χ0v) is 16.2. The van der Waals surface area contributed by atoms with Crippen LogP contribution in [0.3, 0.4) is 0 Å². The SMILES string of the molecule is Cc1cc(CC(=O)N2C[C@@H]3CN(S(C)(=O)=O)[C@@H](c4ccccc4)[C@@H]3C2)on1. The number of carbonyl (C=O) groups excluding carboxylic acids is 1. The molecule has 8 heteroatoms. The van der Waals surface area contributed by atoms with Crippen molar-refractivity contribution in [2.24, 2.45) is 11.8 Å². The van der Waals surface area contributed by atoms with Crippen LogP contribution in [0.5, 0.6) is 0 Å².